The van der Waals surface area contributed by atoms with Crippen molar-refractivity contribution in [2.24, 2.45) is 0 Å². The van der Waals surface area contributed by atoms with E-state index < -0.39 is 23.7 Å². The molecule has 0 amide bonds. The van der Waals surface area contributed by atoms with E-state index in [0.717, 1.165) is 6.17 Å². The van der Waals surface area contributed by atoms with Crippen LogP contribution in [0.15, 0.2) is 60.7 Å². The van der Waals surface area contributed by atoms with Gasteiger partial charge < -0.3 is 4.55 Å². The molecule has 1 heterocycles. The number of hydrogen-bond donors (Lipinski definition) is 0. The molecule has 0 aliphatic carbocycles. The van der Waals surface area contributed by atoms with Crippen LogP contribution >= 0.6 is 0 Å². The fraction of sp³-hybridized carbons (Fsp3) is 0.263. The average molecular weight is 521 g/mol. The number of halogens is 3. The molecule has 0 radical (unpaired) electrons. The Labute approximate surface area is 180 Å². The fourth-order valence-corrected chi connectivity index (χ4v) is 5.69. The van der Waals surface area contributed by atoms with E-state index in [2.05, 4.69) is 85.0 Å². The quantitative estimate of drug-likeness (QED) is 0.227. The molecule has 0 atom stereocenters. The summed E-state index contributed by atoms with van der Waals surface area (Å²) < 4.78 is 67.5. The van der Waals surface area contributed by atoms with Gasteiger partial charge in [0.15, 0.2) is 10.1 Å². The zero-order valence-electron chi connectivity index (χ0n) is 16.6. The maximum atomic E-state index is 10.7. The maximum absolute atomic E-state index is 10.7. The van der Waals surface area contributed by atoms with Crippen LogP contribution in [0, 0.1) is 0 Å². The van der Waals surface area contributed by atoms with E-state index >= 15 is 0 Å². The molecular formula is C19H21F3N2O3SSeSi. The van der Waals surface area contributed by atoms with Crippen molar-refractivity contribution >= 4 is 32.9 Å². The molecule has 0 spiro atoms. The largest absolute Gasteiger partial charge is 0.741 e. The molecular weight excluding hydrogens is 500 g/mol. The summed E-state index contributed by atoms with van der Waals surface area (Å²) in [4.78, 5) is 0. The van der Waals surface area contributed by atoms with Gasteiger partial charge in [-0.2, -0.15) is 13.2 Å². The van der Waals surface area contributed by atoms with Gasteiger partial charge in [-0.15, -0.1) is 0 Å². The van der Waals surface area contributed by atoms with Crippen molar-refractivity contribution in [2.75, 3.05) is 0 Å². The molecule has 0 bridgehead atoms. The molecule has 0 fully saturated rings. The van der Waals surface area contributed by atoms with Gasteiger partial charge in [0.1, 0.15) is 0 Å². The molecule has 3 aromatic rings. The number of aromatic nitrogens is 2. The van der Waals surface area contributed by atoms with E-state index in [1.807, 2.05) is 0 Å². The Morgan fingerprint density at radius 2 is 1.40 bits per heavy atom. The van der Waals surface area contributed by atoms with Gasteiger partial charge in [-0.05, 0) is 0 Å². The third kappa shape index (κ3) is 6.88. The molecule has 0 aliphatic rings. The van der Waals surface area contributed by atoms with Crippen molar-refractivity contribution in [3.8, 4) is 21.3 Å². The Bertz CT molecular complexity index is 1070. The second-order valence-electron chi connectivity index (χ2n) is 7.60. The summed E-state index contributed by atoms with van der Waals surface area (Å²) in [6.07, 6.45) is 1.08. The summed E-state index contributed by atoms with van der Waals surface area (Å²) in [6.45, 7) is 7.20. The van der Waals surface area contributed by atoms with E-state index in [4.69, 9.17) is 17.1 Å². The third-order valence-corrected chi connectivity index (χ3v) is 7.38. The van der Waals surface area contributed by atoms with Crippen molar-refractivity contribution in [3.63, 3.8) is 0 Å². The van der Waals surface area contributed by atoms with Gasteiger partial charge in [-0.1, -0.05) is 0 Å². The first-order valence-electron chi connectivity index (χ1n) is 8.82. The molecule has 1 aromatic heterocycles. The van der Waals surface area contributed by atoms with Crippen LogP contribution in [-0.4, -0.2) is 45.4 Å². The van der Waals surface area contributed by atoms with Crippen LogP contribution < -0.4 is 4.68 Å². The van der Waals surface area contributed by atoms with Crippen LogP contribution in [0.4, 0.5) is 13.2 Å². The molecule has 30 heavy (non-hydrogen) atoms. The molecule has 3 rings (SSSR count). The van der Waals surface area contributed by atoms with Gasteiger partial charge >= 0.3 is 145 Å². The number of alkyl halides is 3. The minimum atomic E-state index is -6.09. The Balaban J connectivity index is 0.000000343. The third-order valence-electron chi connectivity index (χ3n) is 3.69. The zero-order chi connectivity index (χ0) is 22.6. The topological polar surface area (TPSA) is 74.0 Å². The van der Waals surface area contributed by atoms with Crippen LogP contribution in [-0.2, 0) is 16.3 Å². The number of nitrogens with zero attached hydrogens (tertiary/aromatic N) is 2. The molecule has 0 N–H and O–H groups in total. The molecule has 0 saturated heterocycles. The summed E-state index contributed by atoms with van der Waals surface area (Å²) in [5, 5.41) is 0. The number of hydrogen-bond acceptors (Lipinski definition) is 4. The second kappa shape index (κ2) is 9.57. The van der Waals surface area contributed by atoms with E-state index in [-0.39, 0.29) is 14.7 Å². The van der Waals surface area contributed by atoms with Crippen LogP contribution in [0.2, 0.25) is 19.6 Å². The van der Waals surface area contributed by atoms with Gasteiger partial charge in [0, 0.05) is 0 Å². The van der Waals surface area contributed by atoms with E-state index in [9.17, 15) is 13.2 Å². The Morgan fingerprint density at radius 3 is 1.80 bits per heavy atom. The average Bonchev–Trinajstić information content (AvgIpc) is 3.04. The van der Waals surface area contributed by atoms with Crippen LogP contribution in [0.25, 0.3) is 21.3 Å². The Morgan fingerprint density at radius 1 is 0.967 bits per heavy atom. The first-order valence-corrected chi connectivity index (χ1v) is 15.6. The normalized spacial score (nSPS) is 12.2. The monoisotopic (exact) mass is 522 g/mol. The van der Waals surface area contributed by atoms with Gasteiger partial charge in [-0.3, -0.25) is 0 Å². The summed E-state index contributed by atoms with van der Waals surface area (Å²) in [6, 6.07) is 21.4. The van der Waals surface area contributed by atoms with Crippen molar-refractivity contribution in [1.29, 1.82) is 0 Å². The van der Waals surface area contributed by atoms with Crippen molar-refractivity contribution < 1.29 is 30.8 Å². The van der Waals surface area contributed by atoms with Gasteiger partial charge in [0.05, 0.1) is 0 Å². The molecule has 11 heteroatoms. The predicted molar refractivity (Wildman–Crippen MR) is 111 cm³/mol. The van der Waals surface area contributed by atoms with Gasteiger partial charge in [0.2, 0.25) is 0 Å². The zero-order valence-corrected chi connectivity index (χ0v) is 20.1. The van der Waals surface area contributed by atoms with Gasteiger partial charge in [-0.25, -0.2) is 8.42 Å². The molecule has 0 aliphatic heterocycles. The summed E-state index contributed by atoms with van der Waals surface area (Å²) in [5.41, 5.74) is -1.74. The number of benzene rings is 2. The fourth-order valence-electron chi connectivity index (χ4n) is 2.50. The smallest absolute Gasteiger partial charge is 0.485 e. The van der Waals surface area contributed by atoms with E-state index in [1.54, 1.807) is 0 Å². The summed E-state index contributed by atoms with van der Waals surface area (Å²) in [7, 11) is -7.31. The summed E-state index contributed by atoms with van der Waals surface area (Å²) in [5.74, 6) is 0. The van der Waals surface area contributed by atoms with E-state index in [0.29, 0.717) is 0 Å². The van der Waals surface area contributed by atoms with Crippen LogP contribution in [0.3, 0.4) is 0 Å². The standard InChI is InChI=1S/C18H21N2SeSi.CHF3O3S/c1-22(2,3)14-20-17(15-10-6-4-7-11-15)18(21-19-20)16-12-8-5-9-13-16;2-1(3,4)8(5,6)7/h4-13H,14H2,1-3H3;(H,5,6,7)/q+1;/p-1. The SMILES string of the molecule is C[Si](C)(C)C[n+]1n[se]c(-c2ccccc2)c1-c1ccccc1.O=S(=O)([O-])C(F)(F)F. The molecule has 5 nitrogen and oxygen atoms in total. The molecule has 0 unspecified atom stereocenters. The van der Waals surface area contributed by atoms with Crippen LogP contribution in [0.1, 0.15) is 0 Å². The van der Waals surface area contributed by atoms with Crippen molar-refractivity contribution in [1.82, 2.24) is 4.09 Å². The van der Waals surface area contributed by atoms with Crippen molar-refractivity contribution in [3.05, 3.63) is 60.7 Å². The minimum Gasteiger partial charge on any atom is -0.741 e. The Hall–Kier alpha value is -1.78. The first kappa shape index (κ1) is 24.5. The minimum absolute atomic E-state index is 0.159. The number of rotatable bonds is 4. The predicted octanol–water partition coefficient (Wildman–Crippen LogP) is 3.69. The second-order valence-corrected chi connectivity index (χ2v) is 16.0. The maximum Gasteiger partial charge on any atom is 0.485 e. The first-order chi connectivity index (χ1) is 13.8. The summed E-state index contributed by atoms with van der Waals surface area (Å²) >= 11 is 0.159. The van der Waals surface area contributed by atoms with Crippen LogP contribution in [0.5, 0.6) is 0 Å². The van der Waals surface area contributed by atoms with Crippen molar-refractivity contribution in [2.45, 2.75) is 31.3 Å². The molecule has 0 saturated carbocycles. The van der Waals surface area contributed by atoms with Gasteiger partial charge in [0.25, 0.3) is 0 Å². The molecule has 162 valence electrons. The molecule has 2 aromatic carbocycles. The Kier molecular flexibility index (Phi) is 7.81. The van der Waals surface area contributed by atoms with E-state index in [1.165, 1.54) is 21.3 Å².